The van der Waals surface area contributed by atoms with E-state index in [0.29, 0.717) is 23.8 Å². The second-order valence-corrected chi connectivity index (χ2v) is 8.02. The third-order valence-corrected chi connectivity index (χ3v) is 5.61. The summed E-state index contributed by atoms with van der Waals surface area (Å²) in [5, 5.41) is 13.3. The summed E-state index contributed by atoms with van der Waals surface area (Å²) >= 11 is 0. The van der Waals surface area contributed by atoms with Gasteiger partial charge in [0.05, 0.1) is 12.2 Å². The number of hydrogen-bond acceptors (Lipinski definition) is 4. The minimum Gasteiger partial charge on any atom is -0.326 e. The molecule has 0 aliphatic heterocycles. The highest BCUT2D eigenvalue weighted by atomic mass is 16.2. The molecule has 0 radical (unpaired) electrons. The van der Waals surface area contributed by atoms with Crippen LogP contribution < -0.4 is 16.0 Å². The lowest BCUT2D eigenvalue weighted by molar-refractivity contribution is -0.114. The molecule has 8 heteroatoms. The second kappa shape index (κ2) is 10.1. The maximum absolute atomic E-state index is 12.9. The summed E-state index contributed by atoms with van der Waals surface area (Å²) in [6.45, 7) is 9.82. The van der Waals surface area contributed by atoms with Crippen LogP contribution in [0.3, 0.4) is 0 Å². The number of carbonyl (C=O) groups excluding carboxylic acids is 2. The molecule has 3 N–H and O–H groups in total. The number of amides is 2. The number of aryl methyl sites for hydroxylation is 3. The van der Waals surface area contributed by atoms with E-state index in [0.717, 1.165) is 33.8 Å². The van der Waals surface area contributed by atoms with E-state index in [-0.39, 0.29) is 11.8 Å². The number of anilines is 2. The smallest absolute Gasteiger partial charge is 0.257 e. The van der Waals surface area contributed by atoms with Crippen LogP contribution in [0.25, 0.3) is 0 Å². The molecule has 1 heterocycles. The van der Waals surface area contributed by atoms with E-state index in [4.69, 9.17) is 0 Å². The van der Waals surface area contributed by atoms with Crippen molar-refractivity contribution in [3.63, 3.8) is 0 Å². The predicted molar refractivity (Wildman–Crippen MR) is 132 cm³/mol. The first kappa shape index (κ1) is 23.7. The van der Waals surface area contributed by atoms with Crippen LogP contribution in [-0.4, -0.2) is 27.6 Å². The average molecular weight is 447 g/mol. The van der Waals surface area contributed by atoms with Crippen LogP contribution in [-0.2, 0) is 18.4 Å². The van der Waals surface area contributed by atoms with Crippen LogP contribution >= 0.6 is 0 Å². The Labute approximate surface area is 194 Å². The molecule has 2 aromatic carbocycles. The lowest BCUT2D eigenvalue weighted by Gasteiger charge is -2.15. The molecule has 8 nitrogen and oxygen atoms in total. The number of nitrogens with one attached hydrogen (secondary N) is 3. The summed E-state index contributed by atoms with van der Waals surface area (Å²) in [7, 11) is 1.90. The van der Waals surface area contributed by atoms with Gasteiger partial charge in [-0.15, -0.1) is 0 Å². The summed E-state index contributed by atoms with van der Waals surface area (Å²) in [6.07, 6.45) is 0. The van der Waals surface area contributed by atoms with Crippen molar-refractivity contribution in [2.75, 3.05) is 10.6 Å². The molecule has 0 spiro atoms. The zero-order valence-electron chi connectivity index (χ0n) is 19.9. The highest BCUT2D eigenvalue weighted by Gasteiger charge is 2.13. The van der Waals surface area contributed by atoms with Gasteiger partial charge in [0.2, 0.25) is 11.9 Å². The van der Waals surface area contributed by atoms with Crippen LogP contribution in [0.1, 0.15) is 45.4 Å². The number of aliphatic imine (C=N–C) groups is 1. The van der Waals surface area contributed by atoms with Crippen LogP contribution in [0.5, 0.6) is 0 Å². The molecule has 3 aromatic rings. The monoisotopic (exact) mass is 446 g/mol. The molecule has 0 aliphatic rings. The standard InChI is InChI=1S/C25H30N6O2/c1-15-8-7-9-23(16(15)2)28-25(26-14-22-17(3)30-31(6)18(22)4)29-24(33)20-10-12-21(13-11-20)27-19(5)32/h7-13H,14H2,1-6H3,(H,27,32)(H2,26,28,29,33). The minimum atomic E-state index is -0.305. The summed E-state index contributed by atoms with van der Waals surface area (Å²) in [4.78, 5) is 28.8. The first-order valence-electron chi connectivity index (χ1n) is 10.7. The van der Waals surface area contributed by atoms with Gasteiger partial charge in [0.25, 0.3) is 5.91 Å². The van der Waals surface area contributed by atoms with Gasteiger partial charge in [-0.2, -0.15) is 5.10 Å². The molecule has 0 aliphatic carbocycles. The Morgan fingerprint density at radius 2 is 1.70 bits per heavy atom. The lowest BCUT2D eigenvalue weighted by atomic mass is 10.1. The minimum absolute atomic E-state index is 0.166. The van der Waals surface area contributed by atoms with Gasteiger partial charge >= 0.3 is 0 Å². The zero-order valence-corrected chi connectivity index (χ0v) is 19.9. The van der Waals surface area contributed by atoms with Crippen molar-refractivity contribution in [3.8, 4) is 0 Å². The maximum atomic E-state index is 12.9. The lowest BCUT2D eigenvalue weighted by Crippen LogP contribution is -2.36. The Kier molecular flexibility index (Phi) is 7.27. The van der Waals surface area contributed by atoms with Gasteiger partial charge in [0.15, 0.2) is 0 Å². The number of aromatic nitrogens is 2. The van der Waals surface area contributed by atoms with Crippen LogP contribution in [0.4, 0.5) is 11.4 Å². The van der Waals surface area contributed by atoms with Crippen LogP contribution in [0, 0.1) is 27.7 Å². The number of nitrogens with zero attached hydrogens (tertiary/aromatic N) is 3. The van der Waals surface area contributed by atoms with Gasteiger partial charge in [0, 0.05) is 42.2 Å². The number of hydrogen-bond donors (Lipinski definition) is 3. The molecule has 0 atom stereocenters. The van der Waals surface area contributed by atoms with E-state index < -0.39 is 0 Å². The van der Waals surface area contributed by atoms with Crippen molar-refractivity contribution in [2.24, 2.45) is 12.0 Å². The van der Waals surface area contributed by atoms with E-state index in [9.17, 15) is 9.59 Å². The highest BCUT2D eigenvalue weighted by Crippen LogP contribution is 2.19. The molecular weight excluding hydrogens is 416 g/mol. The summed E-state index contributed by atoms with van der Waals surface area (Å²) in [5.41, 5.74) is 7.12. The zero-order chi connectivity index (χ0) is 24.1. The summed E-state index contributed by atoms with van der Waals surface area (Å²) < 4.78 is 1.83. The Morgan fingerprint density at radius 3 is 2.30 bits per heavy atom. The van der Waals surface area contributed by atoms with Crippen molar-refractivity contribution in [3.05, 3.63) is 76.1 Å². The van der Waals surface area contributed by atoms with E-state index in [1.54, 1.807) is 24.3 Å². The van der Waals surface area contributed by atoms with Gasteiger partial charge in [-0.1, -0.05) is 12.1 Å². The van der Waals surface area contributed by atoms with E-state index in [2.05, 4.69) is 26.0 Å². The summed E-state index contributed by atoms with van der Waals surface area (Å²) in [5.74, 6) is -0.122. The van der Waals surface area contributed by atoms with Crippen molar-refractivity contribution >= 4 is 29.1 Å². The molecular formula is C25H30N6O2. The normalized spacial score (nSPS) is 11.3. The van der Waals surface area contributed by atoms with Crippen molar-refractivity contribution < 1.29 is 9.59 Å². The first-order valence-corrected chi connectivity index (χ1v) is 10.7. The third kappa shape index (κ3) is 5.85. The molecule has 0 bridgehead atoms. The highest BCUT2D eigenvalue weighted by molar-refractivity contribution is 6.10. The van der Waals surface area contributed by atoms with Gasteiger partial charge < -0.3 is 10.6 Å². The molecule has 0 saturated heterocycles. The number of rotatable bonds is 5. The van der Waals surface area contributed by atoms with Gasteiger partial charge in [-0.25, -0.2) is 4.99 Å². The molecule has 3 rings (SSSR count). The Hall–Kier alpha value is -3.94. The molecule has 1 aromatic heterocycles. The predicted octanol–water partition coefficient (Wildman–Crippen LogP) is 4.01. The van der Waals surface area contributed by atoms with E-state index in [1.807, 2.05) is 57.6 Å². The number of benzene rings is 2. The fourth-order valence-corrected chi connectivity index (χ4v) is 3.42. The van der Waals surface area contributed by atoms with E-state index in [1.165, 1.54) is 6.92 Å². The molecule has 0 saturated carbocycles. The molecule has 0 fully saturated rings. The Bertz CT molecular complexity index is 1210. The average Bonchev–Trinajstić information content (AvgIpc) is 3.00. The first-order chi connectivity index (χ1) is 15.7. The van der Waals surface area contributed by atoms with E-state index >= 15 is 0 Å². The largest absolute Gasteiger partial charge is 0.326 e. The molecule has 2 amide bonds. The number of guanidine groups is 1. The Morgan fingerprint density at radius 1 is 1.00 bits per heavy atom. The SMILES string of the molecule is CC(=O)Nc1ccc(C(=O)NC(=NCc2c(C)nn(C)c2C)Nc2cccc(C)c2C)cc1. The fraction of sp³-hybridized carbons (Fsp3) is 0.280. The van der Waals surface area contributed by atoms with Gasteiger partial charge in [-0.05, 0) is 69.2 Å². The summed E-state index contributed by atoms with van der Waals surface area (Å²) in [6, 6.07) is 12.6. The van der Waals surface area contributed by atoms with Crippen LogP contribution in [0.15, 0.2) is 47.5 Å². The Balaban J connectivity index is 1.86. The molecule has 33 heavy (non-hydrogen) atoms. The van der Waals surface area contributed by atoms with Crippen molar-refractivity contribution in [1.29, 1.82) is 0 Å². The fourth-order valence-electron chi connectivity index (χ4n) is 3.42. The maximum Gasteiger partial charge on any atom is 0.257 e. The molecule has 172 valence electrons. The van der Waals surface area contributed by atoms with Crippen molar-refractivity contribution in [1.82, 2.24) is 15.1 Å². The van der Waals surface area contributed by atoms with Crippen LogP contribution in [0.2, 0.25) is 0 Å². The topological polar surface area (TPSA) is 100 Å². The van der Waals surface area contributed by atoms with Crippen molar-refractivity contribution in [2.45, 2.75) is 41.2 Å². The quantitative estimate of drug-likeness (QED) is 0.407. The number of carbonyl (C=O) groups is 2. The third-order valence-electron chi connectivity index (χ3n) is 5.61. The van der Waals surface area contributed by atoms with Gasteiger partial charge in [-0.3, -0.25) is 19.6 Å². The second-order valence-electron chi connectivity index (χ2n) is 8.02. The molecule has 0 unspecified atom stereocenters. The van der Waals surface area contributed by atoms with Gasteiger partial charge in [0.1, 0.15) is 0 Å².